The van der Waals surface area contributed by atoms with Crippen molar-refractivity contribution in [1.82, 2.24) is 0 Å². The van der Waals surface area contributed by atoms with Gasteiger partial charge in [-0.15, -0.1) is 0 Å². The average Bonchev–Trinajstić information content (AvgIpc) is 3.55. The standard InChI is InChI=1S/C57H46N2Si/c1-57(2)52-38-19-18-36-50(52)51-37-23-40-54(56(51)57)59(45-28-12-5-13-29-45)53-39-20-21-41-55(53)60(47-31-14-6-15-32-47,48-33-16-7-17-34-48)49-35-22-30-46(42-49)58(43-24-8-3-9-25-43)44-26-10-4-11-27-44/h3-42H,1-2H3. The molecule has 288 valence electrons. The van der Waals surface area contributed by atoms with E-state index in [1.165, 1.54) is 54.4 Å². The Bertz CT molecular complexity index is 2810. The molecular weight excluding hydrogens is 741 g/mol. The number of anilines is 6. The summed E-state index contributed by atoms with van der Waals surface area (Å²) in [5, 5.41) is 5.28. The smallest absolute Gasteiger partial charge is 0.181 e. The van der Waals surface area contributed by atoms with Crippen LogP contribution in [0.1, 0.15) is 25.0 Å². The molecule has 3 heteroatoms. The molecule has 60 heavy (non-hydrogen) atoms. The van der Waals surface area contributed by atoms with E-state index in [1.54, 1.807) is 0 Å². The van der Waals surface area contributed by atoms with Crippen molar-refractivity contribution < 1.29 is 0 Å². The third kappa shape index (κ3) is 6.18. The Kier molecular flexibility index (Phi) is 9.59. The van der Waals surface area contributed by atoms with Crippen molar-refractivity contribution in [3.8, 4) is 11.1 Å². The van der Waals surface area contributed by atoms with Crippen molar-refractivity contribution in [1.29, 1.82) is 0 Å². The molecule has 9 aromatic carbocycles. The van der Waals surface area contributed by atoms with E-state index in [0.29, 0.717) is 0 Å². The van der Waals surface area contributed by atoms with Crippen molar-refractivity contribution in [3.05, 3.63) is 254 Å². The maximum atomic E-state index is 2.56. The first-order valence-corrected chi connectivity index (χ1v) is 22.9. The van der Waals surface area contributed by atoms with Crippen LogP contribution in [0.15, 0.2) is 243 Å². The molecule has 0 heterocycles. The van der Waals surface area contributed by atoms with E-state index < -0.39 is 8.07 Å². The molecule has 2 nitrogen and oxygen atoms in total. The molecule has 0 radical (unpaired) electrons. The van der Waals surface area contributed by atoms with Gasteiger partial charge in [0.05, 0.1) is 5.69 Å². The Morgan fingerprint density at radius 3 is 1.35 bits per heavy atom. The minimum atomic E-state index is -3.15. The largest absolute Gasteiger partial charge is 0.311 e. The van der Waals surface area contributed by atoms with Gasteiger partial charge in [0, 0.05) is 33.9 Å². The van der Waals surface area contributed by atoms with Crippen molar-refractivity contribution in [2.24, 2.45) is 0 Å². The van der Waals surface area contributed by atoms with Gasteiger partial charge in [0.2, 0.25) is 0 Å². The van der Waals surface area contributed by atoms with Gasteiger partial charge in [0.15, 0.2) is 8.07 Å². The summed E-state index contributed by atoms with van der Waals surface area (Å²) >= 11 is 0. The van der Waals surface area contributed by atoms with E-state index in [1.807, 2.05) is 0 Å². The maximum Gasteiger partial charge on any atom is 0.181 e. The predicted octanol–water partition coefficient (Wildman–Crippen LogP) is 12.3. The summed E-state index contributed by atoms with van der Waals surface area (Å²) in [6.07, 6.45) is 0. The van der Waals surface area contributed by atoms with Gasteiger partial charge in [-0.05, 0) is 104 Å². The van der Waals surface area contributed by atoms with Gasteiger partial charge in [0.25, 0.3) is 0 Å². The molecule has 0 bridgehead atoms. The molecule has 0 N–H and O–H groups in total. The first-order valence-electron chi connectivity index (χ1n) is 20.9. The summed E-state index contributed by atoms with van der Waals surface area (Å²) in [5.41, 5.74) is 12.0. The van der Waals surface area contributed by atoms with Crippen molar-refractivity contribution in [2.45, 2.75) is 19.3 Å². The van der Waals surface area contributed by atoms with Crippen LogP contribution in [0.4, 0.5) is 34.1 Å². The second kappa shape index (κ2) is 15.5. The van der Waals surface area contributed by atoms with E-state index in [0.717, 1.165) is 22.7 Å². The van der Waals surface area contributed by atoms with Crippen molar-refractivity contribution in [2.75, 3.05) is 9.80 Å². The van der Waals surface area contributed by atoms with Crippen molar-refractivity contribution >= 4 is 62.9 Å². The lowest BCUT2D eigenvalue weighted by Gasteiger charge is -2.40. The normalized spacial score (nSPS) is 12.6. The third-order valence-electron chi connectivity index (χ3n) is 12.3. The Balaban J connectivity index is 1.29. The van der Waals surface area contributed by atoms with Crippen LogP contribution in [-0.2, 0) is 5.41 Å². The van der Waals surface area contributed by atoms with E-state index in [4.69, 9.17) is 0 Å². The van der Waals surface area contributed by atoms with Crippen LogP contribution in [0.2, 0.25) is 0 Å². The monoisotopic (exact) mass is 786 g/mol. The molecule has 0 unspecified atom stereocenters. The minimum Gasteiger partial charge on any atom is -0.311 e. The van der Waals surface area contributed by atoms with Gasteiger partial charge >= 0.3 is 0 Å². The summed E-state index contributed by atoms with van der Waals surface area (Å²) in [4.78, 5) is 4.94. The molecule has 10 rings (SSSR count). The van der Waals surface area contributed by atoms with Crippen LogP contribution in [0.25, 0.3) is 11.1 Å². The highest BCUT2D eigenvalue weighted by Crippen LogP contribution is 2.54. The third-order valence-corrected chi connectivity index (χ3v) is 17.1. The summed E-state index contributed by atoms with van der Waals surface area (Å²) in [6, 6.07) is 89.5. The fraction of sp³-hybridized carbons (Fsp3) is 0.0526. The first-order chi connectivity index (χ1) is 29.6. The Labute approximate surface area is 355 Å². The Hall–Kier alpha value is -7.20. The van der Waals surface area contributed by atoms with Gasteiger partial charge in [0.1, 0.15) is 0 Å². The van der Waals surface area contributed by atoms with Gasteiger partial charge in [-0.3, -0.25) is 0 Å². The van der Waals surface area contributed by atoms with Crippen molar-refractivity contribution in [3.63, 3.8) is 0 Å². The average molecular weight is 787 g/mol. The van der Waals surface area contributed by atoms with Gasteiger partial charge in [-0.2, -0.15) is 0 Å². The lowest BCUT2D eigenvalue weighted by Crippen LogP contribution is -2.75. The van der Waals surface area contributed by atoms with E-state index >= 15 is 0 Å². The summed E-state index contributed by atoms with van der Waals surface area (Å²) < 4.78 is 0. The fourth-order valence-electron chi connectivity index (χ4n) is 9.80. The number of para-hydroxylation sites is 4. The topological polar surface area (TPSA) is 6.48 Å². The van der Waals surface area contributed by atoms with Crippen LogP contribution in [0.5, 0.6) is 0 Å². The Morgan fingerprint density at radius 2 is 0.750 bits per heavy atom. The predicted molar refractivity (Wildman–Crippen MR) is 257 cm³/mol. The van der Waals surface area contributed by atoms with E-state index in [9.17, 15) is 0 Å². The van der Waals surface area contributed by atoms with E-state index in [2.05, 4.69) is 266 Å². The molecular formula is C57H46N2Si. The van der Waals surface area contributed by atoms with Crippen LogP contribution in [0.3, 0.4) is 0 Å². The number of rotatable bonds is 10. The zero-order valence-corrected chi connectivity index (χ0v) is 35.0. The maximum absolute atomic E-state index is 3.15. The fourth-order valence-corrected chi connectivity index (χ4v) is 14.8. The van der Waals surface area contributed by atoms with E-state index in [-0.39, 0.29) is 5.41 Å². The molecule has 0 saturated heterocycles. The molecule has 0 aromatic heterocycles. The molecule has 0 aliphatic heterocycles. The second-order valence-corrected chi connectivity index (χ2v) is 19.9. The van der Waals surface area contributed by atoms with Gasteiger partial charge in [-0.25, -0.2) is 0 Å². The molecule has 0 atom stereocenters. The summed E-state index contributed by atoms with van der Waals surface area (Å²) in [6.45, 7) is 4.78. The molecule has 1 aliphatic carbocycles. The van der Waals surface area contributed by atoms with Gasteiger partial charge < -0.3 is 9.80 Å². The molecule has 0 fully saturated rings. The number of hydrogen-bond donors (Lipinski definition) is 0. The van der Waals surface area contributed by atoms with Crippen LogP contribution < -0.4 is 30.5 Å². The highest BCUT2D eigenvalue weighted by Gasteiger charge is 2.45. The Morgan fingerprint density at radius 1 is 0.333 bits per heavy atom. The summed E-state index contributed by atoms with van der Waals surface area (Å²) in [5.74, 6) is 0. The number of nitrogens with zero attached hydrogens (tertiary/aromatic N) is 2. The first kappa shape index (κ1) is 37.1. The molecule has 9 aromatic rings. The SMILES string of the molecule is CC1(C)c2ccccc2-c2cccc(N(c3ccccc3)c3ccccc3[Si](c3ccccc3)(c3ccccc3)c3cccc(N(c4ccccc4)c4ccccc4)c3)c21. The minimum absolute atomic E-state index is 0.218. The zero-order valence-electron chi connectivity index (χ0n) is 34.0. The molecule has 0 spiro atoms. The lowest BCUT2D eigenvalue weighted by atomic mass is 9.81. The summed E-state index contributed by atoms with van der Waals surface area (Å²) in [7, 11) is -3.15. The van der Waals surface area contributed by atoms with Crippen LogP contribution >= 0.6 is 0 Å². The molecule has 0 saturated carbocycles. The number of fused-ring (bicyclic) bond motifs is 3. The van der Waals surface area contributed by atoms with Crippen LogP contribution in [0, 0.1) is 0 Å². The van der Waals surface area contributed by atoms with Gasteiger partial charge in [-0.1, -0.05) is 196 Å². The number of benzene rings is 9. The number of hydrogen-bond acceptors (Lipinski definition) is 2. The highest BCUT2D eigenvalue weighted by atomic mass is 28.3. The lowest BCUT2D eigenvalue weighted by molar-refractivity contribution is 0.661. The van der Waals surface area contributed by atoms with Crippen LogP contribution in [-0.4, -0.2) is 8.07 Å². The molecule has 0 amide bonds. The molecule has 1 aliphatic rings. The highest BCUT2D eigenvalue weighted by molar-refractivity contribution is 7.20. The quantitative estimate of drug-likeness (QED) is 0.101. The second-order valence-electron chi connectivity index (χ2n) is 16.1. The zero-order chi connectivity index (χ0) is 40.5.